The average Bonchev–Trinajstić information content (AvgIpc) is 3.19. The molecule has 1 aromatic heterocycles. The van der Waals surface area contributed by atoms with E-state index in [4.69, 9.17) is 4.74 Å². The first kappa shape index (κ1) is 21.6. The molecule has 1 unspecified atom stereocenters. The number of carbonyl (C=O) groups excluding carboxylic acids is 1. The Bertz CT molecular complexity index is 1330. The standard InChI is InChI=1S/C28H24N2O4/c1-30(26(27(31)32)15-19-8-6-7-18-13-14-29-16-24(18)19)28(33)34-17-25-22-11-4-2-9-20(22)21-10-3-5-12-23(21)25/h2-14,16,25-26H,15,17H2,1H3,(H,31,32). The van der Waals surface area contributed by atoms with Gasteiger partial charge in [-0.1, -0.05) is 66.7 Å². The monoisotopic (exact) mass is 452 g/mol. The van der Waals surface area contributed by atoms with Gasteiger partial charge in [-0.25, -0.2) is 9.59 Å². The molecular weight excluding hydrogens is 428 g/mol. The van der Waals surface area contributed by atoms with E-state index in [9.17, 15) is 14.7 Å². The van der Waals surface area contributed by atoms with Crippen molar-refractivity contribution in [1.29, 1.82) is 0 Å². The summed E-state index contributed by atoms with van der Waals surface area (Å²) in [6, 6.07) is 22.7. The first-order chi connectivity index (χ1) is 16.5. The van der Waals surface area contributed by atoms with E-state index >= 15 is 0 Å². The summed E-state index contributed by atoms with van der Waals surface area (Å²) in [5.41, 5.74) is 5.31. The van der Waals surface area contributed by atoms with E-state index in [-0.39, 0.29) is 18.9 Å². The molecule has 4 aromatic rings. The molecule has 1 atom stereocenters. The number of amides is 1. The Labute approximate surface area is 197 Å². The van der Waals surface area contributed by atoms with Crippen molar-refractivity contribution in [2.45, 2.75) is 18.4 Å². The first-order valence-corrected chi connectivity index (χ1v) is 11.2. The van der Waals surface area contributed by atoms with Crippen molar-refractivity contribution in [2.24, 2.45) is 0 Å². The van der Waals surface area contributed by atoms with Gasteiger partial charge in [-0.2, -0.15) is 0 Å². The highest BCUT2D eigenvalue weighted by Gasteiger charge is 2.32. The van der Waals surface area contributed by atoms with E-state index in [0.29, 0.717) is 0 Å². The van der Waals surface area contributed by atoms with Crippen molar-refractivity contribution in [1.82, 2.24) is 9.88 Å². The predicted molar refractivity (Wildman–Crippen MR) is 130 cm³/mol. The number of fused-ring (bicyclic) bond motifs is 4. The van der Waals surface area contributed by atoms with E-state index < -0.39 is 18.1 Å². The van der Waals surface area contributed by atoms with Crippen LogP contribution in [0.5, 0.6) is 0 Å². The Balaban J connectivity index is 1.33. The molecule has 6 nitrogen and oxygen atoms in total. The number of rotatable bonds is 6. The van der Waals surface area contributed by atoms with Gasteiger partial charge in [0.05, 0.1) is 0 Å². The number of likely N-dealkylation sites (N-methyl/N-ethyl adjacent to an activating group) is 1. The number of aromatic nitrogens is 1. The molecule has 5 rings (SSSR count). The third-order valence-electron chi connectivity index (χ3n) is 6.56. The van der Waals surface area contributed by atoms with Crippen LogP contribution in [0.25, 0.3) is 21.9 Å². The Kier molecular flexibility index (Phi) is 5.72. The molecule has 6 heteroatoms. The second-order valence-electron chi connectivity index (χ2n) is 8.49. The molecule has 3 aromatic carbocycles. The minimum absolute atomic E-state index is 0.0860. The number of pyridine rings is 1. The topological polar surface area (TPSA) is 79.7 Å². The van der Waals surface area contributed by atoms with Crippen LogP contribution < -0.4 is 0 Å². The number of hydrogen-bond acceptors (Lipinski definition) is 4. The number of ether oxygens (including phenoxy) is 1. The Morgan fingerprint density at radius 1 is 0.971 bits per heavy atom. The lowest BCUT2D eigenvalue weighted by Crippen LogP contribution is -2.44. The van der Waals surface area contributed by atoms with Crippen LogP contribution in [0.2, 0.25) is 0 Å². The maximum absolute atomic E-state index is 13.0. The number of carboxylic acids is 1. The molecule has 0 saturated carbocycles. The average molecular weight is 453 g/mol. The number of benzene rings is 3. The Morgan fingerprint density at radius 3 is 2.32 bits per heavy atom. The van der Waals surface area contributed by atoms with Gasteiger partial charge in [0.2, 0.25) is 0 Å². The van der Waals surface area contributed by atoms with Gasteiger partial charge in [-0.15, -0.1) is 0 Å². The zero-order valence-corrected chi connectivity index (χ0v) is 18.7. The van der Waals surface area contributed by atoms with Crippen LogP contribution in [0, 0.1) is 0 Å². The van der Waals surface area contributed by atoms with Crippen molar-refractivity contribution in [3.05, 3.63) is 102 Å². The third-order valence-corrected chi connectivity index (χ3v) is 6.56. The molecule has 1 aliphatic carbocycles. The van der Waals surface area contributed by atoms with Gasteiger partial charge in [0.25, 0.3) is 0 Å². The highest BCUT2D eigenvalue weighted by molar-refractivity contribution is 5.86. The molecule has 0 spiro atoms. The number of nitrogens with zero attached hydrogens (tertiary/aromatic N) is 2. The SMILES string of the molecule is CN(C(=O)OCC1c2ccccc2-c2ccccc21)C(Cc1cccc2ccncc12)C(=O)O. The van der Waals surface area contributed by atoms with Crippen LogP contribution in [0.3, 0.4) is 0 Å². The zero-order chi connectivity index (χ0) is 23.7. The Hall–Kier alpha value is -4.19. The molecule has 0 aliphatic heterocycles. The molecule has 1 amide bonds. The van der Waals surface area contributed by atoms with Crippen molar-refractivity contribution in [3.63, 3.8) is 0 Å². The lowest BCUT2D eigenvalue weighted by Gasteiger charge is -2.25. The van der Waals surface area contributed by atoms with Crippen LogP contribution in [0.15, 0.2) is 85.2 Å². The van der Waals surface area contributed by atoms with E-state index in [2.05, 4.69) is 17.1 Å². The van der Waals surface area contributed by atoms with E-state index in [0.717, 1.165) is 38.6 Å². The smallest absolute Gasteiger partial charge is 0.410 e. The predicted octanol–water partition coefficient (Wildman–Crippen LogP) is 5.11. The minimum Gasteiger partial charge on any atom is -0.480 e. The molecule has 1 aliphatic rings. The Morgan fingerprint density at radius 2 is 1.65 bits per heavy atom. The van der Waals surface area contributed by atoms with Crippen LogP contribution in [0.1, 0.15) is 22.6 Å². The van der Waals surface area contributed by atoms with E-state index in [1.54, 1.807) is 12.4 Å². The lowest BCUT2D eigenvalue weighted by atomic mass is 9.98. The normalized spacial score (nSPS) is 13.2. The minimum atomic E-state index is -1.09. The van der Waals surface area contributed by atoms with Crippen molar-refractivity contribution < 1.29 is 19.4 Å². The summed E-state index contributed by atoms with van der Waals surface area (Å²) in [4.78, 5) is 30.4. The molecule has 0 saturated heterocycles. The largest absolute Gasteiger partial charge is 0.480 e. The van der Waals surface area contributed by atoms with E-state index in [1.807, 2.05) is 60.7 Å². The first-order valence-electron chi connectivity index (χ1n) is 11.2. The van der Waals surface area contributed by atoms with Gasteiger partial charge in [0.15, 0.2) is 0 Å². The number of hydrogen-bond donors (Lipinski definition) is 1. The zero-order valence-electron chi connectivity index (χ0n) is 18.7. The van der Waals surface area contributed by atoms with Gasteiger partial charge in [-0.3, -0.25) is 9.88 Å². The summed E-state index contributed by atoms with van der Waals surface area (Å²) in [5, 5.41) is 11.7. The fraction of sp³-hybridized carbons (Fsp3) is 0.179. The molecule has 1 N–H and O–H groups in total. The van der Waals surface area contributed by atoms with E-state index in [1.165, 1.54) is 11.9 Å². The molecular formula is C28H24N2O4. The summed E-state index contributed by atoms with van der Waals surface area (Å²) in [7, 11) is 1.47. The van der Waals surface area contributed by atoms with Crippen LogP contribution >= 0.6 is 0 Å². The number of aliphatic carboxylic acids is 1. The highest BCUT2D eigenvalue weighted by atomic mass is 16.6. The molecule has 170 valence electrons. The van der Waals surface area contributed by atoms with Crippen LogP contribution in [-0.4, -0.2) is 46.7 Å². The van der Waals surface area contributed by atoms with Crippen molar-refractivity contribution >= 4 is 22.8 Å². The molecule has 34 heavy (non-hydrogen) atoms. The summed E-state index contributed by atoms with van der Waals surface area (Å²) in [6.45, 7) is 0.141. The maximum atomic E-state index is 13.0. The second kappa shape index (κ2) is 8.98. The summed E-state index contributed by atoms with van der Waals surface area (Å²) < 4.78 is 5.67. The third kappa shape index (κ3) is 3.88. The van der Waals surface area contributed by atoms with Gasteiger partial charge in [0, 0.05) is 37.2 Å². The molecule has 0 radical (unpaired) electrons. The number of carboxylic acid groups (broad SMARTS) is 1. The fourth-order valence-corrected chi connectivity index (χ4v) is 4.78. The van der Waals surface area contributed by atoms with Gasteiger partial charge >= 0.3 is 12.1 Å². The second-order valence-corrected chi connectivity index (χ2v) is 8.49. The highest BCUT2D eigenvalue weighted by Crippen LogP contribution is 2.44. The number of carbonyl (C=O) groups is 2. The van der Waals surface area contributed by atoms with Crippen LogP contribution in [-0.2, 0) is 16.0 Å². The molecule has 1 heterocycles. The molecule has 0 bridgehead atoms. The summed E-state index contributed by atoms with van der Waals surface area (Å²) in [6.07, 6.45) is 2.91. The lowest BCUT2D eigenvalue weighted by molar-refractivity contribution is -0.142. The van der Waals surface area contributed by atoms with Gasteiger partial charge in [-0.05, 0) is 39.3 Å². The molecule has 0 fully saturated rings. The van der Waals surface area contributed by atoms with Crippen LogP contribution in [0.4, 0.5) is 4.79 Å². The summed E-state index contributed by atoms with van der Waals surface area (Å²) in [5.74, 6) is -1.17. The van der Waals surface area contributed by atoms with Gasteiger partial charge in [0.1, 0.15) is 12.6 Å². The van der Waals surface area contributed by atoms with Gasteiger partial charge < -0.3 is 9.84 Å². The summed E-state index contributed by atoms with van der Waals surface area (Å²) >= 11 is 0. The van der Waals surface area contributed by atoms with Crippen molar-refractivity contribution in [3.8, 4) is 11.1 Å². The maximum Gasteiger partial charge on any atom is 0.410 e. The fourth-order valence-electron chi connectivity index (χ4n) is 4.78. The van der Waals surface area contributed by atoms with Crippen molar-refractivity contribution in [2.75, 3.05) is 13.7 Å². The quantitative estimate of drug-likeness (QED) is 0.440.